The van der Waals surface area contributed by atoms with Crippen LogP contribution in [0.4, 0.5) is 10.1 Å². The molecule has 0 saturated heterocycles. The number of nitrogens with zero attached hydrogens (tertiary/aromatic N) is 2. The lowest BCUT2D eigenvalue weighted by Gasteiger charge is -2.32. The van der Waals surface area contributed by atoms with Crippen LogP contribution in [0, 0.1) is 5.82 Å². The third kappa shape index (κ3) is 9.87. The maximum atomic E-state index is 13.8. The number of halogens is 1. The standard InChI is InChI=1S/C32H40FN3O5S/c1-4-21-34-32(38)30(23-25-10-7-6-8-11-25)35(24-26-13-15-27(33)16-14-26)31(37)12-9-22-36(42(3,39)40)28-17-19-29(20-18-28)41-5-2/h6-8,10-11,13-20,30H,4-5,9,12,21-24H2,1-3H3,(H,34,38)/t30-/m0/s1. The third-order valence-electron chi connectivity index (χ3n) is 6.67. The van der Waals surface area contributed by atoms with E-state index in [2.05, 4.69) is 5.32 Å². The van der Waals surface area contributed by atoms with E-state index in [1.54, 1.807) is 36.4 Å². The molecule has 3 aromatic carbocycles. The van der Waals surface area contributed by atoms with Crippen molar-refractivity contribution in [1.29, 1.82) is 0 Å². The SMILES string of the molecule is CCCNC(=O)[C@H](Cc1ccccc1)N(Cc1ccc(F)cc1)C(=O)CCCN(c1ccc(OCC)cc1)S(C)(=O)=O. The Balaban J connectivity index is 1.84. The average molecular weight is 598 g/mol. The molecule has 1 atom stereocenters. The van der Waals surface area contributed by atoms with Crippen LogP contribution in [0.5, 0.6) is 5.75 Å². The Hall–Kier alpha value is -3.92. The molecule has 1 N–H and O–H groups in total. The molecule has 2 amide bonds. The van der Waals surface area contributed by atoms with Gasteiger partial charge in [0.15, 0.2) is 0 Å². The Labute approximate surface area is 248 Å². The van der Waals surface area contributed by atoms with E-state index in [9.17, 15) is 22.4 Å². The predicted octanol–water partition coefficient (Wildman–Crippen LogP) is 4.94. The van der Waals surface area contributed by atoms with Gasteiger partial charge < -0.3 is 15.0 Å². The number of hydrogen-bond donors (Lipinski definition) is 1. The fraction of sp³-hybridized carbons (Fsp3) is 0.375. The third-order valence-corrected chi connectivity index (χ3v) is 7.87. The molecular formula is C32H40FN3O5S. The van der Waals surface area contributed by atoms with Crippen LogP contribution in [0.15, 0.2) is 78.9 Å². The van der Waals surface area contributed by atoms with Crippen molar-refractivity contribution < 1.29 is 27.1 Å². The van der Waals surface area contributed by atoms with E-state index >= 15 is 0 Å². The Morgan fingerprint density at radius 1 is 0.929 bits per heavy atom. The Bertz CT molecular complexity index is 1380. The first-order valence-electron chi connectivity index (χ1n) is 14.2. The molecule has 0 radical (unpaired) electrons. The molecule has 226 valence electrons. The topological polar surface area (TPSA) is 96.0 Å². The number of carbonyl (C=O) groups excluding carboxylic acids is 2. The molecular weight excluding hydrogens is 557 g/mol. The van der Waals surface area contributed by atoms with Crippen molar-refractivity contribution >= 4 is 27.5 Å². The summed E-state index contributed by atoms with van der Waals surface area (Å²) in [7, 11) is -3.63. The van der Waals surface area contributed by atoms with E-state index in [1.165, 1.54) is 21.3 Å². The van der Waals surface area contributed by atoms with Crippen molar-refractivity contribution in [2.75, 3.05) is 30.3 Å². The molecule has 0 saturated carbocycles. The molecule has 0 aliphatic carbocycles. The first-order chi connectivity index (χ1) is 20.1. The molecule has 0 heterocycles. The summed E-state index contributed by atoms with van der Waals surface area (Å²) in [4.78, 5) is 28.7. The summed E-state index contributed by atoms with van der Waals surface area (Å²) in [6.45, 7) is 4.96. The highest BCUT2D eigenvalue weighted by molar-refractivity contribution is 7.92. The predicted molar refractivity (Wildman–Crippen MR) is 163 cm³/mol. The molecule has 3 aromatic rings. The maximum Gasteiger partial charge on any atom is 0.243 e. The van der Waals surface area contributed by atoms with Gasteiger partial charge in [-0.15, -0.1) is 0 Å². The quantitative estimate of drug-likeness (QED) is 0.253. The Morgan fingerprint density at radius 2 is 1.60 bits per heavy atom. The van der Waals surface area contributed by atoms with E-state index in [-0.39, 0.29) is 37.7 Å². The zero-order chi connectivity index (χ0) is 30.5. The van der Waals surface area contributed by atoms with Crippen LogP contribution in [0.2, 0.25) is 0 Å². The van der Waals surface area contributed by atoms with Gasteiger partial charge >= 0.3 is 0 Å². The molecule has 0 unspecified atom stereocenters. The molecule has 0 fully saturated rings. The zero-order valence-corrected chi connectivity index (χ0v) is 25.3. The van der Waals surface area contributed by atoms with E-state index in [1.807, 2.05) is 44.2 Å². The monoisotopic (exact) mass is 597 g/mol. The summed E-state index contributed by atoms with van der Waals surface area (Å²) in [5.74, 6) is -0.337. The second-order valence-corrected chi connectivity index (χ2v) is 11.9. The number of anilines is 1. The highest BCUT2D eigenvalue weighted by Crippen LogP contribution is 2.23. The van der Waals surface area contributed by atoms with Crippen LogP contribution in [-0.4, -0.2) is 57.1 Å². The minimum atomic E-state index is -3.63. The lowest BCUT2D eigenvalue weighted by Crippen LogP contribution is -2.50. The number of amides is 2. The minimum absolute atomic E-state index is 0.0105. The second-order valence-electron chi connectivity index (χ2n) is 10.0. The molecule has 10 heteroatoms. The van der Waals surface area contributed by atoms with Crippen molar-refractivity contribution in [3.8, 4) is 5.75 Å². The summed E-state index contributed by atoms with van der Waals surface area (Å²) in [5, 5.41) is 2.92. The summed E-state index contributed by atoms with van der Waals surface area (Å²) in [5.41, 5.74) is 2.04. The van der Waals surface area contributed by atoms with Gasteiger partial charge in [-0.25, -0.2) is 12.8 Å². The zero-order valence-electron chi connectivity index (χ0n) is 24.5. The van der Waals surface area contributed by atoms with Crippen molar-refractivity contribution in [3.05, 3.63) is 95.8 Å². The van der Waals surface area contributed by atoms with Gasteiger partial charge in [-0.05, 0) is 67.3 Å². The van der Waals surface area contributed by atoms with E-state index < -0.39 is 21.9 Å². The van der Waals surface area contributed by atoms with E-state index in [0.717, 1.165) is 18.2 Å². The number of ether oxygens (including phenoxy) is 1. The van der Waals surface area contributed by atoms with Crippen LogP contribution in [0.3, 0.4) is 0 Å². The number of rotatable bonds is 16. The second kappa shape index (κ2) is 15.9. The Kier molecular flexibility index (Phi) is 12.3. The highest BCUT2D eigenvalue weighted by atomic mass is 32.2. The number of carbonyl (C=O) groups is 2. The van der Waals surface area contributed by atoms with Crippen LogP contribution in [-0.2, 0) is 32.6 Å². The van der Waals surface area contributed by atoms with Gasteiger partial charge in [-0.3, -0.25) is 13.9 Å². The normalized spacial score (nSPS) is 11.9. The Morgan fingerprint density at radius 3 is 2.19 bits per heavy atom. The fourth-order valence-electron chi connectivity index (χ4n) is 4.59. The molecule has 8 nitrogen and oxygen atoms in total. The van der Waals surface area contributed by atoms with Crippen LogP contribution >= 0.6 is 0 Å². The molecule has 0 aromatic heterocycles. The first-order valence-corrected chi connectivity index (χ1v) is 16.0. The van der Waals surface area contributed by atoms with Crippen LogP contribution < -0.4 is 14.4 Å². The van der Waals surface area contributed by atoms with Gasteiger partial charge in [0.25, 0.3) is 0 Å². The number of hydrogen-bond acceptors (Lipinski definition) is 5. The van der Waals surface area contributed by atoms with Crippen molar-refractivity contribution in [3.63, 3.8) is 0 Å². The van der Waals surface area contributed by atoms with Gasteiger partial charge in [-0.1, -0.05) is 49.4 Å². The molecule has 42 heavy (non-hydrogen) atoms. The maximum absolute atomic E-state index is 13.8. The van der Waals surface area contributed by atoms with Gasteiger partial charge in [0.2, 0.25) is 21.8 Å². The summed E-state index contributed by atoms with van der Waals surface area (Å²) in [6, 6.07) is 21.2. The van der Waals surface area contributed by atoms with Gasteiger partial charge in [0, 0.05) is 32.5 Å². The smallest absolute Gasteiger partial charge is 0.243 e. The van der Waals surface area contributed by atoms with Crippen molar-refractivity contribution in [1.82, 2.24) is 10.2 Å². The lowest BCUT2D eigenvalue weighted by molar-refractivity contribution is -0.141. The van der Waals surface area contributed by atoms with E-state index in [0.29, 0.717) is 36.6 Å². The molecule has 0 aliphatic heterocycles. The summed E-state index contributed by atoms with van der Waals surface area (Å²) >= 11 is 0. The first kappa shape index (κ1) is 32.6. The largest absolute Gasteiger partial charge is 0.494 e. The average Bonchev–Trinajstić information content (AvgIpc) is 2.97. The molecule has 0 aliphatic rings. The minimum Gasteiger partial charge on any atom is -0.494 e. The molecule has 0 bridgehead atoms. The highest BCUT2D eigenvalue weighted by Gasteiger charge is 2.30. The van der Waals surface area contributed by atoms with E-state index in [4.69, 9.17) is 4.74 Å². The van der Waals surface area contributed by atoms with Crippen molar-refractivity contribution in [2.45, 2.75) is 52.1 Å². The van der Waals surface area contributed by atoms with Gasteiger partial charge in [-0.2, -0.15) is 0 Å². The molecule has 0 spiro atoms. The fourth-order valence-corrected chi connectivity index (χ4v) is 5.55. The van der Waals surface area contributed by atoms with Crippen molar-refractivity contribution in [2.24, 2.45) is 0 Å². The number of nitrogens with one attached hydrogen (secondary N) is 1. The van der Waals surface area contributed by atoms with Crippen LogP contribution in [0.25, 0.3) is 0 Å². The van der Waals surface area contributed by atoms with Crippen LogP contribution in [0.1, 0.15) is 44.2 Å². The van der Waals surface area contributed by atoms with Gasteiger partial charge in [0.05, 0.1) is 18.6 Å². The lowest BCUT2D eigenvalue weighted by atomic mass is 10.0. The van der Waals surface area contributed by atoms with Gasteiger partial charge in [0.1, 0.15) is 17.6 Å². The summed E-state index contributed by atoms with van der Waals surface area (Å²) < 4.78 is 45.6. The summed E-state index contributed by atoms with van der Waals surface area (Å²) in [6.07, 6.45) is 2.40. The number of sulfonamides is 1. The number of benzene rings is 3. The molecule has 3 rings (SSSR count).